The number of hydrogen-bond donors (Lipinski definition) is 2. The maximum atomic E-state index is 13.8. The van der Waals surface area contributed by atoms with Gasteiger partial charge in [0.25, 0.3) is 0 Å². The predicted molar refractivity (Wildman–Crippen MR) is 71.8 cm³/mol. The highest BCUT2D eigenvalue weighted by Gasteiger charge is 2.16. The standard InChI is InChI=1S/C10H8BrFN4O2S/c11-5-1-2-6(12)7(3-5)16-9(13)14-15-10(16)19-4-8(17)18/h1-3H,4H2,(H2,13,14)(H,17,18). The smallest absolute Gasteiger partial charge is 0.313 e. The molecule has 19 heavy (non-hydrogen) atoms. The summed E-state index contributed by atoms with van der Waals surface area (Å²) in [6.07, 6.45) is 0. The van der Waals surface area contributed by atoms with E-state index in [4.69, 9.17) is 10.8 Å². The summed E-state index contributed by atoms with van der Waals surface area (Å²) < 4.78 is 15.7. The van der Waals surface area contributed by atoms with Crippen LogP contribution in [0.2, 0.25) is 0 Å². The number of carboxylic acid groups (broad SMARTS) is 1. The fourth-order valence-corrected chi connectivity index (χ4v) is 2.41. The Bertz CT molecular complexity index is 634. The van der Waals surface area contributed by atoms with Gasteiger partial charge in [0, 0.05) is 4.47 Å². The topological polar surface area (TPSA) is 94.0 Å². The molecular weight excluding hydrogens is 339 g/mol. The molecule has 9 heteroatoms. The summed E-state index contributed by atoms with van der Waals surface area (Å²) in [7, 11) is 0. The first-order valence-electron chi connectivity index (χ1n) is 5.00. The third kappa shape index (κ3) is 3.04. The Morgan fingerprint density at radius 1 is 1.53 bits per heavy atom. The lowest BCUT2D eigenvalue weighted by atomic mass is 10.3. The fraction of sp³-hybridized carbons (Fsp3) is 0.100. The zero-order valence-corrected chi connectivity index (χ0v) is 11.8. The first-order valence-corrected chi connectivity index (χ1v) is 6.78. The summed E-state index contributed by atoms with van der Waals surface area (Å²) in [6, 6.07) is 4.33. The van der Waals surface area contributed by atoms with E-state index in [0.717, 1.165) is 11.8 Å². The van der Waals surface area contributed by atoms with E-state index in [1.807, 2.05) is 0 Å². The van der Waals surface area contributed by atoms with Crippen LogP contribution in [-0.2, 0) is 4.79 Å². The summed E-state index contributed by atoms with van der Waals surface area (Å²) in [5.41, 5.74) is 5.80. The Morgan fingerprint density at radius 2 is 2.26 bits per heavy atom. The average Bonchev–Trinajstić information content (AvgIpc) is 2.71. The molecule has 1 heterocycles. The Labute approximate surface area is 119 Å². The number of thioether (sulfide) groups is 1. The number of carboxylic acids is 1. The van der Waals surface area contributed by atoms with Gasteiger partial charge >= 0.3 is 5.97 Å². The van der Waals surface area contributed by atoms with E-state index >= 15 is 0 Å². The van der Waals surface area contributed by atoms with Crippen molar-refractivity contribution in [2.75, 3.05) is 11.5 Å². The van der Waals surface area contributed by atoms with Crippen LogP contribution in [0.4, 0.5) is 10.3 Å². The van der Waals surface area contributed by atoms with Crippen LogP contribution in [0.25, 0.3) is 5.69 Å². The van der Waals surface area contributed by atoms with Crippen LogP contribution in [0.1, 0.15) is 0 Å². The van der Waals surface area contributed by atoms with Crippen LogP contribution >= 0.6 is 27.7 Å². The van der Waals surface area contributed by atoms with Crippen molar-refractivity contribution in [1.29, 1.82) is 0 Å². The Kier molecular flexibility index (Phi) is 4.05. The largest absolute Gasteiger partial charge is 0.481 e. The molecule has 0 aliphatic rings. The van der Waals surface area contributed by atoms with Gasteiger partial charge in [0.1, 0.15) is 5.82 Å². The van der Waals surface area contributed by atoms with Crippen molar-refractivity contribution in [2.24, 2.45) is 0 Å². The number of nitrogens with two attached hydrogens (primary N) is 1. The number of aromatic nitrogens is 3. The quantitative estimate of drug-likeness (QED) is 0.821. The van der Waals surface area contributed by atoms with E-state index in [0.29, 0.717) is 4.47 Å². The van der Waals surface area contributed by atoms with Crippen LogP contribution in [0, 0.1) is 5.82 Å². The molecule has 0 atom stereocenters. The number of rotatable bonds is 4. The molecule has 0 bridgehead atoms. The number of nitrogen functional groups attached to an aromatic ring is 1. The molecule has 0 saturated heterocycles. The molecule has 2 rings (SSSR count). The molecule has 0 radical (unpaired) electrons. The van der Waals surface area contributed by atoms with Gasteiger partial charge < -0.3 is 10.8 Å². The van der Waals surface area contributed by atoms with Crippen molar-refractivity contribution in [3.8, 4) is 5.69 Å². The number of hydrogen-bond acceptors (Lipinski definition) is 5. The van der Waals surface area contributed by atoms with Crippen molar-refractivity contribution in [3.63, 3.8) is 0 Å². The minimum absolute atomic E-state index is 0.00936. The van der Waals surface area contributed by atoms with Crippen molar-refractivity contribution in [2.45, 2.75) is 5.16 Å². The van der Waals surface area contributed by atoms with Gasteiger partial charge in [-0.2, -0.15) is 0 Å². The Balaban J connectivity index is 2.46. The monoisotopic (exact) mass is 346 g/mol. The van der Waals surface area contributed by atoms with E-state index in [1.54, 1.807) is 6.07 Å². The van der Waals surface area contributed by atoms with Gasteiger partial charge in [0.05, 0.1) is 11.4 Å². The molecule has 1 aromatic carbocycles. The van der Waals surface area contributed by atoms with E-state index in [2.05, 4.69) is 26.1 Å². The number of nitrogens with zero attached hydrogens (tertiary/aromatic N) is 3. The SMILES string of the molecule is Nc1nnc(SCC(=O)O)n1-c1cc(Br)ccc1F. The first kappa shape index (κ1) is 13.8. The molecule has 0 saturated carbocycles. The highest BCUT2D eigenvalue weighted by atomic mass is 79.9. The summed E-state index contributed by atoms with van der Waals surface area (Å²) in [4.78, 5) is 10.6. The number of aliphatic carboxylic acids is 1. The van der Waals surface area contributed by atoms with Crippen LogP contribution in [-0.4, -0.2) is 31.6 Å². The lowest BCUT2D eigenvalue weighted by molar-refractivity contribution is -0.133. The van der Waals surface area contributed by atoms with Crippen molar-refractivity contribution in [3.05, 3.63) is 28.5 Å². The lowest BCUT2D eigenvalue weighted by Crippen LogP contribution is -2.06. The van der Waals surface area contributed by atoms with Gasteiger partial charge in [-0.25, -0.2) is 4.39 Å². The summed E-state index contributed by atoms with van der Waals surface area (Å²) in [5, 5.41) is 16.2. The van der Waals surface area contributed by atoms with Crippen LogP contribution in [0.15, 0.2) is 27.8 Å². The minimum atomic E-state index is -1.01. The fourth-order valence-electron chi connectivity index (χ4n) is 1.38. The second-order valence-corrected chi connectivity index (χ2v) is 5.31. The van der Waals surface area contributed by atoms with Crippen molar-refractivity contribution in [1.82, 2.24) is 14.8 Å². The van der Waals surface area contributed by atoms with E-state index in [1.165, 1.54) is 16.7 Å². The maximum absolute atomic E-state index is 13.8. The zero-order valence-electron chi connectivity index (χ0n) is 9.38. The van der Waals surface area contributed by atoms with E-state index in [9.17, 15) is 9.18 Å². The van der Waals surface area contributed by atoms with E-state index in [-0.39, 0.29) is 22.5 Å². The normalized spacial score (nSPS) is 10.6. The van der Waals surface area contributed by atoms with Gasteiger partial charge in [-0.1, -0.05) is 27.7 Å². The van der Waals surface area contributed by atoms with Crippen LogP contribution < -0.4 is 5.73 Å². The van der Waals surface area contributed by atoms with Gasteiger partial charge in [-0.05, 0) is 18.2 Å². The highest BCUT2D eigenvalue weighted by Crippen LogP contribution is 2.26. The number of halogens is 2. The highest BCUT2D eigenvalue weighted by molar-refractivity contribution is 9.10. The molecule has 0 unspecified atom stereocenters. The molecule has 0 aliphatic carbocycles. The molecule has 6 nitrogen and oxygen atoms in total. The van der Waals surface area contributed by atoms with Gasteiger partial charge in [-0.15, -0.1) is 10.2 Å². The summed E-state index contributed by atoms with van der Waals surface area (Å²) in [6.45, 7) is 0. The second kappa shape index (κ2) is 5.57. The molecule has 0 fully saturated rings. The lowest BCUT2D eigenvalue weighted by Gasteiger charge is -2.08. The van der Waals surface area contributed by atoms with Crippen LogP contribution in [0.3, 0.4) is 0 Å². The van der Waals surface area contributed by atoms with E-state index < -0.39 is 11.8 Å². The predicted octanol–water partition coefficient (Wildman–Crippen LogP) is 1.93. The third-order valence-electron chi connectivity index (χ3n) is 2.13. The Morgan fingerprint density at radius 3 is 2.95 bits per heavy atom. The molecule has 3 N–H and O–H groups in total. The first-order chi connectivity index (χ1) is 8.99. The number of carbonyl (C=O) groups is 1. The average molecular weight is 347 g/mol. The summed E-state index contributed by atoms with van der Waals surface area (Å²) >= 11 is 4.14. The van der Waals surface area contributed by atoms with Gasteiger partial charge in [-0.3, -0.25) is 9.36 Å². The summed E-state index contributed by atoms with van der Waals surface area (Å²) in [5.74, 6) is -1.74. The van der Waals surface area contributed by atoms with Crippen molar-refractivity contribution < 1.29 is 14.3 Å². The van der Waals surface area contributed by atoms with Gasteiger partial charge in [0.15, 0.2) is 5.16 Å². The second-order valence-electron chi connectivity index (χ2n) is 3.45. The molecule has 2 aromatic rings. The van der Waals surface area contributed by atoms with Gasteiger partial charge in [0.2, 0.25) is 5.95 Å². The molecule has 100 valence electrons. The molecule has 1 aromatic heterocycles. The zero-order chi connectivity index (χ0) is 14.0. The molecule has 0 amide bonds. The molecule has 0 aliphatic heterocycles. The number of benzene rings is 1. The maximum Gasteiger partial charge on any atom is 0.313 e. The Hall–Kier alpha value is -1.61. The minimum Gasteiger partial charge on any atom is -0.481 e. The number of anilines is 1. The third-order valence-corrected chi connectivity index (χ3v) is 3.54. The molecular formula is C10H8BrFN4O2S. The van der Waals surface area contributed by atoms with Crippen LogP contribution in [0.5, 0.6) is 0 Å². The van der Waals surface area contributed by atoms with Crippen molar-refractivity contribution >= 4 is 39.6 Å². The molecule has 0 spiro atoms.